The smallest absolute Gasteiger partial charge is 0.214 e. The first-order valence-corrected chi connectivity index (χ1v) is 8.36. The van der Waals surface area contributed by atoms with E-state index < -0.39 is 10.0 Å². The van der Waals surface area contributed by atoms with E-state index in [1.54, 1.807) is 0 Å². The molecule has 3 N–H and O–H groups in total. The van der Waals surface area contributed by atoms with Crippen molar-refractivity contribution in [2.24, 2.45) is 11.7 Å². The molecular formula is C12H24N2O2S. The van der Waals surface area contributed by atoms with Crippen LogP contribution in [0.5, 0.6) is 0 Å². The van der Waals surface area contributed by atoms with E-state index in [2.05, 4.69) is 4.72 Å². The van der Waals surface area contributed by atoms with Gasteiger partial charge in [0, 0.05) is 12.6 Å². The van der Waals surface area contributed by atoms with Crippen LogP contribution in [0.15, 0.2) is 0 Å². The molecule has 2 aliphatic rings. The highest BCUT2D eigenvalue weighted by molar-refractivity contribution is 7.90. The Kier molecular flexibility index (Phi) is 4.44. The van der Waals surface area contributed by atoms with Crippen molar-refractivity contribution < 1.29 is 8.42 Å². The topological polar surface area (TPSA) is 72.2 Å². The molecular weight excluding hydrogens is 236 g/mol. The van der Waals surface area contributed by atoms with Crippen molar-refractivity contribution >= 4 is 10.0 Å². The highest BCUT2D eigenvalue weighted by atomic mass is 32.2. The van der Waals surface area contributed by atoms with Crippen LogP contribution in [0.3, 0.4) is 0 Å². The van der Waals surface area contributed by atoms with Crippen LogP contribution >= 0.6 is 0 Å². The molecule has 2 rings (SSSR count). The lowest BCUT2D eigenvalue weighted by atomic mass is 10.0. The average molecular weight is 260 g/mol. The molecule has 4 nitrogen and oxygen atoms in total. The number of hydrogen-bond donors (Lipinski definition) is 2. The second-order valence-electron chi connectivity index (χ2n) is 5.59. The second kappa shape index (κ2) is 5.67. The maximum absolute atomic E-state index is 12.1. The van der Waals surface area contributed by atoms with Crippen LogP contribution in [0.1, 0.15) is 51.4 Å². The van der Waals surface area contributed by atoms with Crippen molar-refractivity contribution in [3.05, 3.63) is 0 Å². The third-order valence-corrected chi connectivity index (χ3v) is 6.06. The van der Waals surface area contributed by atoms with Crippen LogP contribution in [0, 0.1) is 5.92 Å². The summed E-state index contributed by atoms with van der Waals surface area (Å²) in [4.78, 5) is 0. The van der Waals surface area contributed by atoms with Crippen LogP contribution in [0.2, 0.25) is 0 Å². The highest BCUT2D eigenvalue weighted by Gasteiger charge is 2.29. The molecule has 100 valence electrons. The standard InChI is InChI=1S/C12H24N2O2S/c13-11-7-6-10(8-11)9-14-17(15,16)12-4-2-1-3-5-12/h10-12,14H,1-9,13H2. The number of rotatable bonds is 4. The lowest BCUT2D eigenvalue weighted by Gasteiger charge is -2.23. The third kappa shape index (κ3) is 3.66. The van der Waals surface area contributed by atoms with Gasteiger partial charge in [0.2, 0.25) is 10.0 Å². The van der Waals surface area contributed by atoms with E-state index in [1.807, 2.05) is 0 Å². The van der Waals surface area contributed by atoms with Gasteiger partial charge in [-0.1, -0.05) is 19.3 Å². The van der Waals surface area contributed by atoms with Crippen LogP contribution in [-0.4, -0.2) is 26.3 Å². The maximum Gasteiger partial charge on any atom is 0.214 e. The highest BCUT2D eigenvalue weighted by Crippen LogP contribution is 2.25. The van der Waals surface area contributed by atoms with Gasteiger partial charge in [0.15, 0.2) is 0 Å². The number of sulfonamides is 1. The molecule has 0 amide bonds. The van der Waals surface area contributed by atoms with Gasteiger partial charge in [-0.15, -0.1) is 0 Å². The minimum absolute atomic E-state index is 0.147. The van der Waals surface area contributed by atoms with Gasteiger partial charge in [-0.2, -0.15) is 0 Å². The van der Waals surface area contributed by atoms with Crippen LogP contribution in [0.4, 0.5) is 0 Å². The Bertz CT molecular complexity index is 336. The maximum atomic E-state index is 12.1. The minimum Gasteiger partial charge on any atom is -0.328 e. The van der Waals surface area contributed by atoms with E-state index in [0.717, 1.165) is 44.9 Å². The Morgan fingerprint density at radius 1 is 1.06 bits per heavy atom. The van der Waals surface area contributed by atoms with Crippen LogP contribution in [0.25, 0.3) is 0 Å². The summed E-state index contributed by atoms with van der Waals surface area (Å²) in [5.74, 6) is 0.448. The predicted octanol–water partition coefficient (Wildman–Crippen LogP) is 1.37. The van der Waals surface area contributed by atoms with E-state index in [0.29, 0.717) is 12.5 Å². The summed E-state index contributed by atoms with van der Waals surface area (Å²) < 4.78 is 27.0. The van der Waals surface area contributed by atoms with Gasteiger partial charge in [-0.25, -0.2) is 13.1 Å². The molecule has 0 aliphatic heterocycles. The molecule has 0 bridgehead atoms. The second-order valence-corrected chi connectivity index (χ2v) is 7.64. The van der Waals surface area contributed by atoms with Crippen molar-refractivity contribution in [2.45, 2.75) is 62.7 Å². The Morgan fingerprint density at radius 2 is 1.76 bits per heavy atom. The molecule has 5 heteroatoms. The summed E-state index contributed by atoms with van der Waals surface area (Å²) in [6.45, 7) is 0.590. The van der Waals surface area contributed by atoms with Crippen molar-refractivity contribution in [3.8, 4) is 0 Å². The van der Waals surface area contributed by atoms with Crippen LogP contribution in [-0.2, 0) is 10.0 Å². The van der Waals surface area contributed by atoms with E-state index >= 15 is 0 Å². The molecule has 2 unspecified atom stereocenters. The zero-order valence-electron chi connectivity index (χ0n) is 10.4. The molecule has 17 heavy (non-hydrogen) atoms. The van der Waals surface area contributed by atoms with E-state index in [-0.39, 0.29) is 11.3 Å². The molecule has 0 aromatic carbocycles. The van der Waals surface area contributed by atoms with Gasteiger partial charge < -0.3 is 5.73 Å². The van der Waals surface area contributed by atoms with Gasteiger partial charge >= 0.3 is 0 Å². The average Bonchev–Trinajstić information content (AvgIpc) is 2.74. The van der Waals surface area contributed by atoms with Gasteiger partial charge in [0.25, 0.3) is 0 Å². The molecule has 0 spiro atoms. The Morgan fingerprint density at radius 3 is 2.35 bits per heavy atom. The molecule has 2 fully saturated rings. The number of nitrogens with two attached hydrogens (primary N) is 1. The normalized spacial score (nSPS) is 31.8. The van der Waals surface area contributed by atoms with Gasteiger partial charge in [0.05, 0.1) is 5.25 Å². The van der Waals surface area contributed by atoms with E-state index in [1.165, 1.54) is 6.42 Å². The Labute approximate surface area is 104 Å². The molecule has 2 aliphatic carbocycles. The van der Waals surface area contributed by atoms with Crippen molar-refractivity contribution in [2.75, 3.05) is 6.54 Å². The summed E-state index contributed by atoms with van der Waals surface area (Å²) in [6.07, 6.45) is 8.03. The first-order chi connectivity index (χ1) is 8.08. The largest absolute Gasteiger partial charge is 0.328 e. The van der Waals surface area contributed by atoms with Crippen molar-refractivity contribution in [3.63, 3.8) is 0 Å². The first-order valence-electron chi connectivity index (χ1n) is 6.82. The lowest BCUT2D eigenvalue weighted by Crippen LogP contribution is -2.38. The van der Waals surface area contributed by atoms with E-state index in [9.17, 15) is 8.42 Å². The van der Waals surface area contributed by atoms with Gasteiger partial charge in [0.1, 0.15) is 0 Å². The first kappa shape index (κ1) is 13.3. The fraction of sp³-hybridized carbons (Fsp3) is 1.00. The molecule has 0 heterocycles. The minimum atomic E-state index is -3.08. The molecule has 0 aromatic rings. The summed E-state index contributed by atoms with van der Waals surface area (Å²) in [5, 5.41) is -0.147. The number of hydrogen-bond acceptors (Lipinski definition) is 3. The summed E-state index contributed by atoms with van der Waals surface area (Å²) >= 11 is 0. The van der Waals surface area contributed by atoms with Gasteiger partial charge in [-0.05, 0) is 38.0 Å². The summed E-state index contributed by atoms with van der Waals surface area (Å²) in [7, 11) is -3.08. The van der Waals surface area contributed by atoms with Crippen LogP contribution < -0.4 is 10.5 Å². The molecule has 2 atom stereocenters. The molecule has 0 saturated heterocycles. The fourth-order valence-electron chi connectivity index (χ4n) is 3.03. The monoisotopic (exact) mass is 260 g/mol. The third-order valence-electron chi connectivity index (χ3n) is 4.15. The zero-order chi connectivity index (χ0) is 12.3. The quantitative estimate of drug-likeness (QED) is 0.802. The number of nitrogens with one attached hydrogen (secondary N) is 1. The SMILES string of the molecule is NC1CCC(CNS(=O)(=O)C2CCCCC2)C1. The Hall–Kier alpha value is -0.130. The summed E-state index contributed by atoms with van der Waals surface area (Å²) in [5.41, 5.74) is 5.83. The molecule has 0 aromatic heterocycles. The van der Waals surface area contributed by atoms with Crippen molar-refractivity contribution in [1.82, 2.24) is 4.72 Å². The zero-order valence-corrected chi connectivity index (χ0v) is 11.2. The van der Waals surface area contributed by atoms with Crippen molar-refractivity contribution in [1.29, 1.82) is 0 Å². The molecule has 0 radical (unpaired) electrons. The Balaban J connectivity index is 1.80. The lowest BCUT2D eigenvalue weighted by molar-refractivity contribution is 0.466. The molecule has 2 saturated carbocycles. The summed E-state index contributed by atoms with van der Waals surface area (Å²) in [6, 6.07) is 0.277. The predicted molar refractivity (Wildman–Crippen MR) is 69.1 cm³/mol. The van der Waals surface area contributed by atoms with Gasteiger partial charge in [-0.3, -0.25) is 0 Å². The fourth-order valence-corrected chi connectivity index (χ4v) is 4.68. The van der Waals surface area contributed by atoms with E-state index in [4.69, 9.17) is 5.73 Å².